The van der Waals surface area contributed by atoms with Gasteiger partial charge in [-0.1, -0.05) is 12.1 Å². The highest BCUT2D eigenvalue weighted by Crippen LogP contribution is 2.13. The number of ether oxygens (including phenoxy) is 2. The van der Waals surface area contributed by atoms with Gasteiger partial charge in [-0.15, -0.1) is 24.0 Å². The number of hydrogen-bond acceptors (Lipinski definition) is 5. The summed E-state index contributed by atoms with van der Waals surface area (Å²) in [6.45, 7) is 10.7. The molecule has 2 saturated heterocycles. The van der Waals surface area contributed by atoms with Crippen molar-refractivity contribution in [2.75, 3.05) is 79.2 Å². The highest BCUT2D eigenvalue weighted by Gasteiger charge is 2.11. The summed E-state index contributed by atoms with van der Waals surface area (Å²) in [5.41, 5.74) is 1.30. The molecule has 2 aliphatic rings. The van der Waals surface area contributed by atoms with Crippen molar-refractivity contribution >= 4 is 29.9 Å². The van der Waals surface area contributed by atoms with Crippen LogP contribution in [0.25, 0.3) is 0 Å². The largest absolute Gasteiger partial charge is 0.492 e. The van der Waals surface area contributed by atoms with Crippen molar-refractivity contribution in [2.24, 2.45) is 4.99 Å². The summed E-state index contributed by atoms with van der Waals surface area (Å²) >= 11 is 0. The molecule has 2 fully saturated rings. The first kappa shape index (κ1) is 25.2. The van der Waals surface area contributed by atoms with Crippen molar-refractivity contribution in [2.45, 2.75) is 19.3 Å². The fourth-order valence-electron chi connectivity index (χ4n) is 3.75. The Balaban J connectivity index is 0.00000320. The predicted octanol–water partition coefficient (Wildman–Crippen LogP) is 1.82. The standard InChI is InChI=1S/C22H37N5O2.HI/c1-23-22(25-10-13-27-14-17-28-18-15-27)24-9-8-20-4-6-21(7-5-20)29-19-16-26-11-2-3-12-26;/h4-7H,2-3,8-19H2,1H3,(H2,23,24,25);1H. The van der Waals surface area contributed by atoms with Crippen molar-refractivity contribution in [1.82, 2.24) is 20.4 Å². The zero-order chi connectivity index (χ0) is 20.2. The summed E-state index contributed by atoms with van der Waals surface area (Å²) in [6.07, 6.45) is 3.62. The molecule has 30 heavy (non-hydrogen) atoms. The highest BCUT2D eigenvalue weighted by atomic mass is 127. The number of halogens is 1. The Labute approximate surface area is 198 Å². The molecule has 3 rings (SSSR count). The normalized spacial score (nSPS) is 18.1. The monoisotopic (exact) mass is 531 g/mol. The van der Waals surface area contributed by atoms with Gasteiger partial charge >= 0.3 is 0 Å². The Hall–Kier alpha value is -1.10. The second-order valence-corrected chi connectivity index (χ2v) is 7.67. The molecular weight excluding hydrogens is 493 g/mol. The maximum absolute atomic E-state index is 5.88. The van der Waals surface area contributed by atoms with E-state index in [1.807, 2.05) is 7.05 Å². The van der Waals surface area contributed by atoms with E-state index in [2.05, 4.69) is 49.7 Å². The average Bonchev–Trinajstić information content (AvgIpc) is 3.28. The molecule has 0 bridgehead atoms. The zero-order valence-electron chi connectivity index (χ0n) is 18.3. The summed E-state index contributed by atoms with van der Waals surface area (Å²) in [4.78, 5) is 9.20. The Morgan fingerprint density at radius 2 is 1.63 bits per heavy atom. The first-order chi connectivity index (χ1) is 14.3. The van der Waals surface area contributed by atoms with Gasteiger partial charge in [0.2, 0.25) is 0 Å². The Morgan fingerprint density at radius 1 is 0.967 bits per heavy atom. The highest BCUT2D eigenvalue weighted by molar-refractivity contribution is 14.0. The van der Waals surface area contributed by atoms with E-state index in [9.17, 15) is 0 Å². The fraction of sp³-hybridized carbons (Fsp3) is 0.682. The molecule has 2 heterocycles. The number of aliphatic imine (C=N–C) groups is 1. The summed E-state index contributed by atoms with van der Waals surface area (Å²) in [5.74, 6) is 1.82. The maximum atomic E-state index is 5.88. The predicted molar refractivity (Wildman–Crippen MR) is 133 cm³/mol. The van der Waals surface area contributed by atoms with Crippen LogP contribution >= 0.6 is 24.0 Å². The second-order valence-electron chi connectivity index (χ2n) is 7.67. The van der Waals surface area contributed by atoms with Crippen LogP contribution in [-0.2, 0) is 11.2 Å². The van der Waals surface area contributed by atoms with Gasteiger partial charge in [0.15, 0.2) is 5.96 Å². The molecule has 8 heteroatoms. The minimum atomic E-state index is 0. The quantitative estimate of drug-likeness (QED) is 0.273. The first-order valence-electron chi connectivity index (χ1n) is 11.0. The van der Waals surface area contributed by atoms with Crippen LogP contribution < -0.4 is 15.4 Å². The molecule has 2 N–H and O–H groups in total. The van der Waals surface area contributed by atoms with Gasteiger partial charge in [-0.25, -0.2) is 0 Å². The molecule has 0 amide bonds. The number of morpholine rings is 1. The van der Waals surface area contributed by atoms with Gasteiger partial charge in [-0.3, -0.25) is 14.8 Å². The van der Waals surface area contributed by atoms with Gasteiger partial charge in [0.05, 0.1) is 13.2 Å². The zero-order valence-corrected chi connectivity index (χ0v) is 20.6. The van der Waals surface area contributed by atoms with E-state index < -0.39 is 0 Å². The number of hydrogen-bond donors (Lipinski definition) is 2. The third kappa shape index (κ3) is 9.36. The summed E-state index contributed by atoms with van der Waals surface area (Å²) in [5, 5.41) is 6.79. The molecule has 170 valence electrons. The minimum absolute atomic E-state index is 0. The molecule has 1 aromatic rings. The Bertz CT molecular complexity index is 602. The molecule has 0 radical (unpaired) electrons. The van der Waals surface area contributed by atoms with Crippen molar-refractivity contribution < 1.29 is 9.47 Å². The van der Waals surface area contributed by atoms with E-state index in [1.54, 1.807) is 0 Å². The summed E-state index contributed by atoms with van der Waals surface area (Å²) in [6, 6.07) is 8.46. The first-order valence-corrected chi connectivity index (χ1v) is 11.0. The van der Waals surface area contributed by atoms with Crippen LogP contribution in [-0.4, -0.2) is 95.0 Å². The Morgan fingerprint density at radius 3 is 2.33 bits per heavy atom. The Kier molecular flexibility index (Phi) is 12.4. The van der Waals surface area contributed by atoms with Gasteiger partial charge in [-0.2, -0.15) is 0 Å². The fourth-order valence-corrected chi connectivity index (χ4v) is 3.75. The topological polar surface area (TPSA) is 61.4 Å². The molecule has 0 spiro atoms. The van der Waals surface area contributed by atoms with E-state index in [-0.39, 0.29) is 24.0 Å². The molecule has 2 aliphatic heterocycles. The van der Waals surface area contributed by atoms with E-state index in [0.29, 0.717) is 0 Å². The third-order valence-electron chi connectivity index (χ3n) is 5.55. The molecule has 0 unspecified atom stereocenters. The van der Waals surface area contributed by atoms with E-state index in [0.717, 1.165) is 77.2 Å². The number of likely N-dealkylation sites (tertiary alicyclic amines) is 1. The summed E-state index contributed by atoms with van der Waals surface area (Å²) in [7, 11) is 1.82. The van der Waals surface area contributed by atoms with Crippen molar-refractivity contribution in [3.05, 3.63) is 29.8 Å². The van der Waals surface area contributed by atoms with E-state index in [1.165, 1.54) is 31.5 Å². The lowest BCUT2D eigenvalue weighted by atomic mass is 10.1. The molecule has 0 aromatic heterocycles. The third-order valence-corrected chi connectivity index (χ3v) is 5.55. The number of nitrogens with one attached hydrogen (secondary N) is 2. The van der Waals surface area contributed by atoms with Gasteiger partial charge in [0, 0.05) is 46.3 Å². The molecular formula is C22H38IN5O2. The van der Waals surface area contributed by atoms with Crippen LogP contribution in [0.15, 0.2) is 29.3 Å². The van der Waals surface area contributed by atoms with Crippen LogP contribution in [0, 0.1) is 0 Å². The number of guanidine groups is 1. The SMILES string of the molecule is CN=C(NCCc1ccc(OCCN2CCCC2)cc1)NCCN1CCOCC1.I. The van der Waals surface area contributed by atoms with Crippen molar-refractivity contribution in [3.8, 4) is 5.75 Å². The second kappa shape index (κ2) is 14.8. The van der Waals surface area contributed by atoms with Crippen LogP contribution in [0.4, 0.5) is 0 Å². The van der Waals surface area contributed by atoms with Gasteiger partial charge in [0.1, 0.15) is 12.4 Å². The van der Waals surface area contributed by atoms with E-state index >= 15 is 0 Å². The van der Waals surface area contributed by atoms with Crippen LogP contribution in [0.5, 0.6) is 5.75 Å². The molecule has 0 atom stereocenters. The lowest BCUT2D eigenvalue weighted by molar-refractivity contribution is 0.0389. The van der Waals surface area contributed by atoms with Crippen LogP contribution in [0.1, 0.15) is 18.4 Å². The number of benzene rings is 1. The molecule has 7 nitrogen and oxygen atoms in total. The molecule has 0 saturated carbocycles. The summed E-state index contributed by atoms with van der Waals surface area (Å²) < 4.78 is 11.3. The minimum Gasteiger partial charge on any atom is -0.492 e. The lowest BCUT2D eigenvalue weighted by Gasteiger charge is -2.26. The average molecular weight is 531 g/mol. The lowest BCUT2D eigenvalue weighted by Crippen LogP contribution is -2.44. The van der Waals surface area contributed by atoms with Gasteiger partial charge < -0.3 is 20.1 Å². The van der Waals surface area contributed by atoms with E-state index in [4.69, 9.17) is 9.47 Å². The van der Waals surface area contributed by atoms with Crippen LogP contribution in [0.3, 0.4) is 0 Å². The van der Waals surface area contributed by atoms with Crippen molar-refractivity contribution in [3.63, 3.8) is 0 Å². The number of nitrogens with zero attached hydrogens (tertiary/aromatic N) is 3. The van der Waals surface area contributed by atoms with Gasteiger partial charge in [0.25, 0.3) is 0 Å². The smallest absolute Gasteiger partial charge is 0.191 e. The van der Waals surface area contributed by atoms with Crippen LogP contribution in [0.2, 0.25) is 0 Å². The maximum Gasteiger partial charge on any atom is 0.191 e. The van der Waals surface area contributed by atoms with Crippen molar-refractivity contribution in [1.29, 1.82) is 0 Å². The number of rotatable bonds is 10. The molecule has 1 aromatic carbocycles. The molecule has 0 aliphatic carbocycles. The van der Waals surface area contributed by atoms with Gasteiger partial charge in [-0.05, 0) is 50.0 Å².